The van der Waals surface area contributed by atoms with E-state index >= 15 is 0 Å². The van der Waals surface area contributed by atoms with Crippen molar-refractivity contribution in [2.24, 2.45) is 0 Å². The summed E-state index contributed by atoms with van der Waals surface area (Å²) in [6.45, 7) is 2.09. The van der Waals surface area contributed by atoms with Crippen molar-refractivity contribution in [2.75, 3.05) is 5.32 Å². The summed E-state index contributed by atoms with van der Waals surface area (Å²) in [5.74, 6) is -0.562. The van der Waals surface area contributed by atoms with Crippen LogP contribution in [0.4, 0.5) is 15.8 Å². The average molecular weight is 276 g/mol. The zero-order valence-corrected chi connectivity index (χ0v) is 10.8. The molecule has 5 nitrogen and oxygen atoms in total. The maximum absolute atomic E-state index is 13.0. The van der Waals surface area contributed by atoms with Gasteiger partial charge in [-0.3, -0.25) is 10.1 Å². The second-order valence-corrected chi connectivity index (χ2v) is 4.40. The van der Waals surface area contributed by atoms with Gasteiger partial charge >= 0.3 is 0 Å². The van der Waals surface area contributed by atoms with Gasteiger partial charge in [0, 0.05) is 12.1 Å². The largest absolute Gasteiger partial charge is 0.508 e. The SMILES string of the molecule is Cc1ccc(O)c(CNc2ccc(F)cc2[N+](=O)[O-])c1. The molecule has 0 aromatic heterocycles. The number of aryl methyl sites for hydroxylation is 1. The lowest BCUT2D eigenvalue weighted by atomic mass is 10.1. The van der Waals surface area contributed by atoms with E-state index in [2.05, 4.69) is 5.32 Å². The van der Waals surface area contributed by atoms with E-state index in [-0.39, 0.29) is 23.7 Å². The molecular formula is C14H13FN2O3. The van der Waals surface area contributed by atoms with Gasteiger partial charge < -0.3 is 10.4 Å². The van der Waals surface area contributed by atoms with Crippen molar-refractivity contribution in [1.29, 1.82) is 0 Å². The number of hydrogen-bond acceptors (Lipinski definition) is 4. The Morgan fingerprint density at radius 2 is 2.05 bits per heavy atom. The molecule has 104 valence electrons. The van der Waals surface area contributed by atoms with Gasteiger partial charge in [0.2, 0.25) is 0 Å². The van der Waals surface area contributed by atoms with Crippen LogP contribution in [0.1, 0.15) is 11.1 Å². The lowest BCUT2D eigenvalue weighted by Crippen LogP contribution is -2.03. The summed E-state index contributed by atoms with van der Waals surface area (Å²) in [5.41, 5.74) is 1.45. The Kier molecular flexibility index (Phi) is 3.84. The van der Waals surface area contributed by atoms with Crippen LogP contribution in [0.25, 0.3) is 0 Å². The number of halogens is 1. The standard InChI is InChI=1S/C14H13FN2O3/c1-9-2-5-14(18)10(6-9)8-16-12-4-3-11(15)7-13(12)17(19)20/h2-7,16,18H,8H2,1H3. The Hall–Kier alpha value is -2.63. The van der Waals surface area contributed by atoms with E-state index in [4.69, 9.17) is 0 Å². The first-order valence-electron chi connectivity index (χ1n) is 5.93. The maximum atomic E-state index is 13.0. The van der Waals surface area contributed by atoms with Crippen molar-refractivity contribution in [2.45, 2.75) is 13.5 Å². The van der Waals surface area contributed by atoms with Crippen LogP contribution in [0.5, 0.6) is 5.75 Å². The summed E-state index contributed by atoms with van der Waals surface area (Å²) in [7, 11) is 0. The van der Waals surface area contributed by atoms with Gasteiger partial charge in [-0.25, -0.2) is 4.39 Å². The van der Waals surface area contributed by atoms with Crippen LogP contribution in [-0.4, -0.2) is 10.0 Å². The van der Waals surface area contributed by atoms with E-state index in [1.165, 1.54) is 6.07 Å². The molecule has 2 rings (SSSR count). The molecule has 0 atom stereocenters. The van der Waals surface area contributed by atoms with E-state index in [1.807, 2.05) is 6.92 Å². The van der Waals surface area contributed by atoms with Crippen molar-refractivity contribution in [1.82, 2.24) is 0 Å². The van der Waals surface area contributed by atoms with Crippen LogP contribution in [0, 0.1) is 22.9 Å². The maximum Gasteiger partial charge on any atom is 0.295 e. The third-order valence-electron chi connectivity index (χ3n) is 2.86. The first-order valence-corrected chi connectivity index (χ1v) is 5.93. The molecule has 2 aromatic carbocycles. The highest BCUT2D eigenvalue weighted by Crippen LogP contribution is 2.27. The smallest absolute Gasteiger partial charge is 0.295 e. The van der Waals surface area contributed by atoms with E-state index in [0.29, 0.717) is 5.56 Å². The number of nitro benzene ring substituents is 1. The molecule has 6 heteroatoms. The monoisotopic (exact) mass is 276 g/mol. The van der Waals surface area contributed by atoms with Crippen LogP contribution < -0.4 is 5.32 Å². The Labute approximate surface area is 114 Å². The molecule has 0 unspecified atom stereocenters. The van der Waals surface area contributed by atoms with Gasteiger partial charge in [-0.2, -0.15) is 0 Å². The molecule has 0 bridgehead atoms. The fourth-order valence-electron chi connectivity index (χ4n) is 1.85. The minimum Gasteiger partial charge on any atom is -0.508 e. The quantitative estimate of drug-likeness (QED) is 0.663. The number of nitrogens with zero attached hydrogens (tertiary/aromatic N) is 1. The Morgan fingerprint density at radius 3 is 2.75 bits per heavy atom. The van der Waals surface area contributed by atoms with Gasteiger partial charge in [-0.05, 0) is 25.1 Å². The number of anilines is 1. The van der Waals surface area contributed by atoms with Gasteiger partial charge in [-0.15, -0.1) is 0 Å². The lowest BCUT2D eigenvalue weighted by molar-refractivity contribution is -0.384. The van der Waals surface area contributed by atoms with Crippen molar-refractivity contribution in [3.05, 3.63) is 63.5 Å². The molecule has 2 aromatic rings. The number of benzene rings is 2. The third-order valence-corrected chi connectivity index (χ3v) is 2.86. The molecule has 2 N–H and O–H groups in total. The second-order valence-electron chi connectivity index (χ2n) is 4.40. The second kappa shape index (κ2) is 5.56. The Morgan fingerprint density at radius 1 is 1.30 bits per heavy atom. The van der Waals surface area contributed by atoms with E-state index in [0.717, 1.165) is 17.7 Å². The van der Waals surface area contributed by atoms with E-state index in [9.17, 15) is 19.6 Å². The van der Waals surface area contributed by atoms with Crippen LogP contribution in [0.2, 0.25) is 0 Å². The van der Waals surface area contributed by atoms with E-state index < -0.39 is 10.7 Å². The summed E-state index contributed by atoms with van der Waals surface area (Å²) in [6, 6.07) is 8.41. The molecule has 0 fully saturated rings. The predicted molar refractivity (Wildman–Crippen MR) is 73.2 cm³/mol. The molecule has 0 aliphatic rings. The molecule has 0 spiro atoms. The van der Waals surface area contributed by atoms with Crippen molar-refractivity contribution >= 4 is 11.4 Å². The number of phenols is 1. The zero-order valence-electron chi connectivity index (χ0n) is 10.8. The van der Waals surface area contributed by atoms with Crippen molar-refractivity contribution in [3.63, 3.8) is 0 Å². The average Bonchev–Trinajstić information content (AvgIpc) is 2.40. The predicted octanol–water partition coefficient (Wildman–Crippen LogP) is 3.36. The topological polar surface area (TPSA) is 75.4 Å². The zero-order chi connectivity index (χ0) is 14.7. The summed E-state index contributed by atoms with van der Waals surface area (Å²) in [5, 5.41) is 23.4. The first kappa shape index (κ1) is 13.8. The lowest BCUT2D eigenvalue weighted by Gasteiger charge is -2.09. The molecule has 0 aliphatic carbocycles. The minimum atomic E-state index is -0.666. The van der Waals surface area contributed by atoms with Crippen molar-refractivity contribution < 1.29 is 14.4 Å². The molecular weight excluding hydrogens is 263 g/mol. The fraction of sp³-hybridized carbons (Fsp3) is 0.143. The highest BCUT2D eigenvalue weighted by molar-refractivity contribution is 5.61. The summed E-state index contributed by atoms with van der Waals surface area (Å²) in [4.78, 5) is 10.2. The summed E-state index contributed by atoms with van der Waals surface area (Å²) < 4.78 is 13.0. The number of nitrogens with one attached hydrogen (secondary N) is 1. The third kappa shape index (κ3) is 3.03. The van der Waals surface area contributed by atoms with Gasteiger partial charge in [0.25, 0.3) is 5.69 Å². The Bertz CT molecular complexity index is 659. The van der Waals surface area contributed by atoms with E-state index in [1.54, 1.807) is 18.2 Å². The highest BCUT2D eigenvalue weighted by atomic mass is 19.1. The molecule has 0 heterocycles. The van der Waals surface area contributed by atoms with Crippen LogP contribution >= 0.6 is 0 Å². The normalized spacial score (nSPS) is 10.3. The van der Waals surface area contributed by atoms with Gasteiger partial charge in [-0.1, -0.05) is 17.7 Å². The molecule has 20 heavy (non-hydrogen) atoms. The molecule has 0 radical (unpaired) electrons. The number of phenolic OH excluding ortho intramolecular Hbond substituents is 1. The number of nitro groups is 1. The Balaban J connectivity index is 2.23. The van der Waals surface area contributed by atoms with Gasteiger partial charge in [0.15, 0.2) is 0 Å². The summed E-state index contributed by atoms with van der Waals surface area (Å²) in [6.07, 6.45) is 0. The number of hydrogen-bond donors (Lipinski definition) is 2. The summed E-state index contributed by atoms with van der Waals surface area (Å²) >= 11 is 0. The number of aromatic hydroxyl groups is 1. The van der Waals surface area contributed by atoms with Crippen molar-refractivity contribution in [3.8, 4) is 5.75 Å². The van der Waals surface area contributed by atoms with Crippen LogP contribution in [-0.2, 0) is 6.54 Å². The van der Waals surface area contributed by atoms with Crippen LogP contribution in [0.3, 0.4) is 0 Å². The first-order chi connectivity index (χ1) is 9.47. The fourth-order valence-corrected chi connectivity index (χ4v) is 1.85. The van der Waals surface area contributed by atoms with Gasteiger partial charge in [0.1, 0.15) is 17.3 Å². The highest BCUT2D eigenvalue weighted by Gasteiger charge is 2.15. The minimum absolute atomic E-state index is 0.105. The molecule has 0 aliphatic heterocycles. The molecule has 0 saturated carbocycles. The van der Waals surface area contributed by atoms with Gasteiger partial charge in [0.05, 0.1) is 11.0 Å². The van der Waals surface area contributed by atoms with Crippen LogP contribution in [0.15, 0.2) is 36.4 Å². The molecule has 0 amide bonds. The number of rotatable bonds is 4. The molecule has 0 saturated heterocycles.